The van der Waals surface area contributed by atoms with Crippen LogP contribution >= 0.6 is 0 Å². The third kappa shape index (κ3) is 6.77. The molecule has 3 amide bonds. The van der Waals surface area contributed by atoms with E-state index in [1.54, 1.807) is 30.5 Å². The van der Waals surface area contributed by atoms with Gasteiger partial charge < -0.3 is 33.2 Å². The van der Waals surface area contributed by atoms with Gasteiger partial charge in [-0.3, -0.25) is 19.4 Å². The Morgan fingerprint density at radius 3 is 2.42 bits per heavy atom. The number of nitrogens with zero attached hydrogens (tertiary/aromatic N) is 2. The summed E-state index contributed by atoms with van der Waals surface area (Å²) in [4.78, 5) is 45.1. The first-order chi connectivity index (χ1) is 17.3. The molecule has 10 heteroatoms. The molecule has 0 bridgehead atoms. The van der Waals surface area contributed by atoms with Gasteiger partial charge in [-0.25, -0.2) is 0 Å². The van der Waals surface area contributed by atoms with Crippen molar-refractivity contribution >= 4 is 28.6 Å². The molecule has 1 aromatic carbocycles. The monoisotopic (exact) mass is 497 g/mol. The van der Waals surface area contributed by atoms with Gasteiger partial charge in [0.2, 0.25) is 17.7 Å². The van der Waals surface area contributed by atoms with E-state index in [-0.39, 0.29) is 25.4 Å². The molecule has 0 unspecified atom stereocenters. The molecule has 1 aliphatic carbocycles. The van der Waals surface area contributed by atoms with Gasteiger partial charge in [0.15, 0.2) is 0 Å². The minimum absolute atomic E-state index is 0.252. The Kier molecular flexibility index (Phi) is 9.74. The quantitative estimate of drug-likeness (QED) is 0.282. The van der Waals surface area contributed by atoms with Crippen molar-refractivity contribution in [2.75, 3.05) is 26.2 Å². The maximum atomic E-state index is 13.8. The van der Waals surface area contributed by atoms with Crippen LogP contribution in [0.2, 0.25) is 0 Å². The first kappa shape index (κ1) is 27.5. The van der Waals surface area contributed by atoms with Crippen LogP contribution in [0.4, 0.5) is 0 Å². The van der Waals surface area contributed by atoms with E-state index in [0.717, 1.165) is 36.6 Å². The second-order valence-electron chi connectivity index (χ2n) is 9.69. The van der Waals surface area contributed by atoms with E-state index in [1.807, 2.05) is 6.07 Å². The number of primary amides is 1. The second-order valence-corrected chi connectivity index (χ2v) is 9.69. The zero-order valence-electron chi connectivity index (χ0n) is 20.8. The van der Waals surface area contributed by atoms with Crippen molar-refractivity contribution in [3.05, 3.63) is 42.1 Å². The maximum absolute atomic E-state index is 13.8. The van der Waals surface area contributed by atoms with Crippen LogP contribution in [0.3, 0.4) is 0 Å². The second kappa shape index (κ2) is 12.8. The fourth-order valence-corrected chi connectivity index (χ4v) is 4.98. The van der Waals surface area contributed by atoms with E-state index >= 15 is 0 Å². The molecule has 2 atom stereocenters. The molecule has 1 saturated carbocycles. The van der Waals surface area contributed by atoms with Crippen LogP contribution in [0.1, 0.15) is 50.5 Å². The lowest BCUT2D eigenvalue weighted by molar-refractivity contribution is -0.138. The summed E-state index contributed by atoms with van der Waals surface area (Å²) in [5.74, 6) is -1.28. The Balaban J connectivity index is 1.93. The van der Waals surface area contributed by atoms with E-state index in [0.29, 0.717) is 31.0 Å². The Morgan fingerprint density at radius 2 is 1.78 bits per heavy atom. The molecule has 10 nitrogen and oxygen atoms in total. The first-order valence-electron chi connectivity index (χ1n) is 12.7. The zero-order chi connectivity index (χ0) is 26.1. The number of aromatic nitrogens is 1. The molecule has 0 saturated heterocycles. The maximum Gasteiger partial charge on any atom is 0.245 e. The highest BCUT2D eigenvalue weighted by Gasteiger charge is 2.41. The van der Waals surface area contributed by atoms with Crippen LogP contribution in [-0.2, 0) is 19.9 Å². The van der Waals surface area contributed by atoms with Gasteiger partial charge in [0.05, 0.1) is 11.9 Å². The van der Waals surface area contributed by atoms with Crippen molar-refractivity contribution in [2.45, 2.75) is 56.5 Å². The highest BCUT2D eigenvalue weighted by Crippen LogP contribution is 2.29. The number of amides is 3. The first-order valence-corrected chi connectivity index (χ1v) is 12.7. The number of rotatable bonds is 12. The van der Waals surface area contributed by atoms with E-state index in [4.69, 9.17) is 22.9 Å². The van der Waals surface area contributed by atoms with E-state index < -0.39 is 23.4 Å². The summed E-state index contributed by atoms with van der Waals surface area (Å²) in [5.41, 5.74) is 23.2. The molecule has 1 aromatic heterocycles. The van der Waals surface area contributed by atoms with Gasteiger partial charge in [0, 0.05) is 37.8 Å². The molecule has 196 valence electrons. The van der Waals surface area contributed by atoms with Crippen LogP contribution in [0.25, 0.3) is 10.9 Å². The van der Waals surface area contributed by atoms with Crippen molar-refractivity contribution in [1.82, 2.24) is 15.2 Å². The van der Waals surface area contributed by atoms with Gasteiger partial charge in [0.25, 0.3) is 0 Å². The number of pyridine rings is 1. The third-order valence-corrected chi connectivity index (χ3v) is 7.05. The smallest absolute Gasteiger partial charge is 0.245 e. The standard InChI is InChI=1S/C26H39N7O3/c27-10-13-33(14-11-28)23(34)17-26(30,20-8-9-21-19(16-20)7-4-12-31-21)25(36)32-22(24(29)35)15-18-5-2-1-3-6-18/h4,7-9,12,16,18,22H,1-3,5-6,10-11,13-15,17,27-28,30H2,(H2,29,35)(H,32,36)/t22-,26-/m0/s1. The summed E-state index contributed by atoms with van der Waals surface area (Å²) in [7, 11) is 0. The normalized spacial score (nSPS) is 16.8. The molecule has 3 rings (SSSR count). The topological polar surface area (TPSA) is 183 Å². The minimum Gasteiger partial charge on any atom is -0.368 e. The van der Waals surface area contributed by atoms with Gasteiger partial charge in [0.1, 0.15) is 11.6 Å². The van der Waals surface area contributed by atoms with Gasteiger partial charge in [-0.05, 0) is 36.1 Å². The number of hydrogen-bond donors (Lipinski definition) is 5. The summed E-state index contributed by atoms with van der Waals surface area (Å²) < 4.78 is 0. The Labute approximate surface area is 212 Å². The number of hydrogen-bond acceptors (Lipinski definition) is 7. The molecule has 9 N–H and O–H groups in total. The largest absolute Gasteiger partial charge is 0.368 e. The molecule has 1 aliphatic rings. The molecule has 1 fully saturated rings. The number of fused-ring (bicyclic) bond motifs is 1. The molecular weight excluding hydrogens is 458 g/mol. The average molecular weight is 498 g/mol. The number of carbonyl (C=O) groups is 3. The molecule has 0 aliphatic heterocycles. The summed E-state index contributed by atoms with van der Waals surface area (Å²) in [6.45, 7) is 1.09. The summed E-state index contributed by atoms with van der Waals surface area (Å²) in [6, 6.07) is 7.98. The predicted molar refractivity (Wildman–Crippen MR) is 139 cm³/mol. The van der Waals surface area contributed by atoms with Crippen molar-refractivity contribution < 1.29 is 14.4 Å². The molecule has 2 aromatic rings. The lowest BCUT2D eigenvalue weighted by atomic mass is 9.83. The number of nitrogens with two attached hydrogens (primary N) is 4. The molecule has 0 radical (unpaired) electrons. The molecule has 0 spiro atoms. The van der Waals surface area contributed by atoms with Gasteiger partial charge in [-0.1, -0.05) is 44.2 Å². The van der Waals surface area contributed by atoms with Gasteiger partial charge >= 0.3 is 0 Å². The van der Waals surface area contributed by atoms with Crippen molar-refractivity contribution in [2.24, 2.45) is 28.9 Å². The van der Waals surface area contributed by atoms with Crippen LogP contribution in [-0.4, -0.2) is 59.8 Å². The van der Waals surface area contributed by atoms with Crippen molar-refractivity contribution in [3.8, 4) is 0 Å². The van der Waals surface area contributed by atoms with E-state index in [1.165, 1.54) is 11.3 Å². The predicted octanol–water partition coefficient (Wildman–Crippen LogP) is 0.465. The summed E-state index contributed by atoms with van der Waals surface area (Å²) in [5, 5.41) is 3.56. The number of benzene rings is 1. The highest BCUT2D eigenvalue weighted by molar-refractivity contribution is 5.96. The summed E-state index contributed by atoms with van der Waals surface area (Å²) in [6.07, 6.45) is 7.18. The van der Waals surface area contributed by atoms with Gasteiger partial charge in [-0.15, -0.1) is 0 Å². The fourth-order valence-electron chi connectivity index (χ4n) is 4.98. The van der Waals surface area contributed by atoms with Crippen LogP contribution in [0.15, 0.2) is 36.5 Å². The number of nitrogens with one attached hydrogen (secondary N) is 1. The number of carbonyl (C=O) groups excluding carboxylic acids is 3. The molecular formula is C26H39N7O3. The Bertz CT molecular complexity index is 1050. The van der Waals surface area contributed by atoms with Crippen LogP contribution < -0.4 is 28.3 Å². The Hall–Kier alpha value is -3.08. The average Bonchev–Trinajstić information content (AvgIpc) is 2.88. The lowest BCUT2D eigenvalue weighted by Crippen LogP contribution is -2.58. The zero-order valence-corrected chi connectivity index (χ0v) is 20.8. The van der Waals surface area contributed by atoms with E-state index in [9.17, 15) is 14.4 Å². The highest BCUT2D eigenvalue weighted by atomic mass is 16.2. The van der Waals surface area contributed by atoms with Crippen LogP contribution in [0, 0.1) is 5.92 Å². The van der Waals surface area contributed by atoms with Crippen molar-refractivity contribution in [3.63, 3.8) is 0 Å². The Morgan fingerprint density at radius 1 is 1.08 bits per heavy atom. The molecule has 1 heterocycles. The molecule has 36 heavy (non-hydrogen) atoms. The SMILES string of the molecule is NCCN(CCN)C(=O)C[C@@](N)(C(=O)N[C@@H](CC1CCCCC1)C(N)=O)c1ccc2ncccc2c1. The lowest BCUT2D eigenvalue weighted by Gasteiger charge is -2.33. The van der Waals surface area contributed by atoms with Gasteiger partial charge in [-0.2, -0.15) is 0 Å². The minimum atomic E-state index is -1.75. The fraction of sp³-hybridized carbons (Fsp3) is 0.538. The van der Waals surface area contributed by atoms with Crippen molar-refractivity contribution in [1.29, 1.82) is 0 Å². The van der Waals surface area contributed by atoms with E-state index in [2.05, 4.69) is 10.3 Å². The van der Waals surface area contributed by atoms with Crippen LogP contribution in [0.5, 0.6) is 0 Å². The third-order valence-electron chi connectivity index (χ3n) is 7.05. The summed E-state index contributed by atoms with van der Waals surface area (Å²) >= 11 is 0.